The summed E-state index contributed by atoms with van der Waals surface area (Å²) in [5.74, 6) is 1.22. The molecule has 1 fully saturated rings. The zero-order chi connectivity index (χ0) is 9.42. The van der Waals surface area contributed by atoms with Crippen LogP contribution in [0.4, 0.5) is 0 Å². The Kier molecular flexibility index (Phi) is 2.33. The van der Waals surface area contributed by atoms with Crippen LogP contribution in [0.1, 0.15) is 19.8 Å². The summed E-state index contributed by atoms with van der Waals surface area (Å²) in [7, 11) is 0. The summed E-state index contributed by atoms with van der Waals surface area (Å²) in [5.41, 5.74) is 0. The van der Waals surface area contributed by atoms with Gasteiger partial charge in [-0.2, -0.15) is 0 Å². The first kappa shape index (κ1) is 9.07. The number of nitrogens with one attached hydrogen (secondary N) is 1. The van der Waals surface area contributed by atoms with Gasteiger partial charge in [-0.1, -0.05) is 12.2 Å². The molecular weight excluding hydrogens is 186 g/mol. The first-order valence-corrected chi connectivity index (χ1v) is 5.23. The van der Waals surface area contributed by atoms with E-state index in [2.05, 4.69) is 17.5 Å². The third-order valence-electron chi connectivity index (χ3n) is 2.97. The van der Waals surface area contributed by atoms with Gasteiger partial charge in [-0.3, -0.25) is 4.79 Å². The maximum atomic E-state index is 11.3. The van der Waals surface area contributed by atoms with E-state index in [-0.39, 0.29) is 5.91 Å². The van der Waals surface area contributed by atoms with Crippen LogP contribution in [0.3, 0.4) is 0 Å². The van der Waals surface area contributed by atoms with Crippen LogP contribution < -0.4 is 5.32 Å². The lowest BCUT2D eigenvalue weighted by molar-refractivity contribution is -0.121. The Bertz CT molecular complexity index is 249. The Morgan fingerprint density at radius 2 is 2.31 bits per heavy atom. The second-order valence-electron chi connectivity index (χ2n) is 4.01. The highest BCUT2D eigenvalue weighted by Gasteiger charge is 2.36. The van der Waals surface area contributed by atoms with Crippen molar-refractivity contribution in [3.63, 3.8) is 0 Å². The molecule has 0 heterocycles. The molecule has 13 heavy (non-hydrogen) atoms. The molecule has 1 saturated carbocycles. The lowest BCUT2D eigenvalue weighted by atomic mass is 10.0. The molecule has 2 aliphatic rings. The van der Waals surface area contributed by atoms with Gasteiger partial charge in [-0.25, -0.2) is 0 Å². The molecule has 1 N–H and O–H groups in total. The van der Waals surface area contributed by atoms with Gasteiger partial charge in [0, 0.05) is 6.04 Å². The first-order chi connectivity index (χ1) is 6.16. The van der Waals surface area contributed by atoms with Crippen molar-refractivity contribution in [1.29, 1.82) is 0 Å². The molecule has 4 atom stereocenters. The molecule has 1 amide bonds. The van der Waals surface area contributed by atoms with E-state index in [0.29, 0.717) is 17.9 Å². The van der Waals surface area contributed by atoms with Crippen LogP contribution in [0.2, 0.25) is 0 Å². The smallest absolute Gasteiger partial charge is 0.238 e. The van der Waals surface area contributed by atoms with Crippen molar-refractivity contribution in [1.82, 2.24) is 5.32 Å². The average Bonchev–Trinajstić information content (AvgIpc) is 2.64. The number of amides is 1. The third-order valence-corrected chi connectivity index (χ3v) is 3.17. The van der Waals surface area contributed by atoms with E-state index in [1.54, 1.807) is 6.92 Å². The summed E-state index contributed by atoms with van der Waals surface area (Å²) in [6.45, 7) is 1.71. The quantitative estimate of drug-likeness (QED) is 0.532. The van der Waals surface area contributed by atoms with Gasteiger partial charge < -0.3 is 5.32 Å². The van der Waals surface area contributed by atoms with Crippen molar-refractivity contribution in [3.8, 4) is 0 Å². The standard InChI is InChI=1S/C10H14ClNO/c1-6(11)10(13)12-9-5-7-2-3-8(9)4-7/h2-3,6-9H,4-5H2,1H3,(H,12,13). The van der Waals surface area contributed by atoms with E-state index in [9.17, 15) is 4.79 Å². The minimum atomic E-state index is -0.414. The zero-order valence-corrected chi connectivity index (χ0v) is 8.42. The summed E-state index contributed by atoms with van der Waals surface area (Å²) in [6.07, 6.45) is 6.79. The van der Waals surface area contributed by atoms with Crippen molar-refractivity contribution < 1.29 is 4.79 Å². The number of carbonyl (C=O) groups is 1. The molecule has 2 aliphatic carbocycles. The van der Waals surface area contributed by atoms with E-state index >= 15 is 0 Å². The van der Waals surface area contributed by atoms with E-state index < -0.39 is 5.38 Å². The highest BCUT2D eigenvalue weighted by atomic mass is 35.5. The highest BCUT2D eigenvalue weighted by Crippen LogP contribution is 2.38. The van der Waals surface area contributed by atoms with Gasteiger partial charge in [-0.15, -0.1) is 11.6 Å². The number of halogens is 1. The second kappa shape index (κ2) is 3.33. The number of allylic oxidation sites excluding steroid dienone is 1. The van der Waals surface area contributed by atoms with Gasteiger partial charge in [0.1, 0.15) is 5.38 Å². The molecule has 0 spiro atoms. The molecule has 0 aliphatic heterocycles. The molecule has 3 heteroatoms. The number of carbonyl (C=O) groups excluding carboxylic acids is 1. The molecule has 4 unspecified atom stereocenters. The van der Waals surface area contributed by atoms with Crippen LogP contribution in [0.15, 0.2) is 12.2 Å². The van der Waals surface area contributed by atoms with Crippen LogP contribution in [0, 0.1) is 11.8 Å². The average molecular weight is 200 g/mol. The van der Waals surface area contributed by atoms with Crippen molar-refractivity contribution in [2.75, 3.05) is 0 Å². The zero-order valence-electron chi connectivity index (χ0n) is 7.66. The maximum absolute atomic E-state index is 11.3. The fraction of sp³-hybridized carbons (Fsp3) is 0.700. The fourth-order valence-corrected chi connectivity index (χ4v) is 2.31. The number of hydrogen-bond acceptors (Lipinski definition) is 1. The van der Waals surface area contributed by atoms with E-state index in [4.69, 9.17) is 11.6 Å². The number of fused-ring (bicyclic) bond motifs is 2. The van der Waals surface area contributed by atoms with E-state index in [0.717, 1.165) is 6.42 Å². The molecular formula is C10H14ClNO. The predicted octanol–water partition coefficient (Wildman–Crippen LogP) is 1.69. The summed E-state index contributed by atoms with van der Waals surface area (Å²) < 4.78 is 0. The summed E-state index contributed by atoms with van der Waals surface area (Å²) in [5, 5.41) is 2.57. The Morgan fingerprint density at radius 1 is 1.54 bits per heavy atom. The topological polar surface area (TPSA) is 29.1 Å². The van der Waals surface area contributed by atoms with Gasteiger partial charge in [0.25, 0.3) is 0 Å². The largest absolute Gasteiger partial charge is 0.351 e. The minimum absolute atomic E-state index is 0.0346. The molecule has 2 rings (SSSR count). The molecule has 0 aromatic carbocycles. The highest BCUT2D eigenvalue weighted by molar-refractivity contribution is 6.30. The van der Waals surface area contributed by atoms with Crippen LogP contribution in [0.25, 0.3) is 0 Å². The molecule has 2 bridgehead atoms. The molecule has 0 saturated heterocycles. The van der Waals surface area contributed by atoms with E-state index in [1.165, 1.54) is 6.42 Å². The summed E-state index contributed by atoms with van der Waals surface area (Å²) >= 11 is 5.68. The predicted molar refractivity (Wildman–Crippen MR) is 52.6 cm³/mol. The minimum Gasteiger partial charge on any atom is -0.351 e. The summed E-state index contributed by atoms with van der Waals surface area (Å²) in [6, 6.07) is 0.337. The van der Waals surface area contributed by atoms with Gasteiger partial charge in [0.2, 0.25) is 5.91 Å². The second-order valence-corrected chi connectivity index (χ2v) is 4.67. The molecule has 0 radical (unpaired) electrons. The Labute approximate surface area is 83.3 Å². The van der Waals surface area contributed by atoms with Crippen LogP contribution in [0.5, 0.6) is 0 Å². The van der Waals surface area contributed by atoms with Crippen molar-refractivity contribution >= 4 is 17.5 Å². The molecule has 72 valence electrons. The number of hydrogen-bond donors (Lipinski definition) is 1. The van der Waals surface area contributed by atoms with Crippen molar-refractivity contribution in [3.05, 3.63) is 12.2 Å². The number of rotatable bonds is 2. The van der Waals surface area contributed by atoms with E-state index in [1.807, 2.05) is 0 Å². The normalized spacial score (nSPS) is 37.8. The van der Waals surface area contributed by atoms with Crippen LogP contribution in [-0.4, -0.2) is 17.3 Å². The fourth-order valence-electron chi connectivity index (χ4n) is 2.24. The van der Waals surface area contributed by atoms with Gasteiger partial charge in [0.05, 0.1) is 0 Å². The van der Waals surface area contributed by atoms with Gasteiger partial charge in [0.15, 0.2) is 0 Å². The third kappa shape index (κ3) is 1.73. The Balaban J connectivity index is 1.90. The molecule has 2 nitrogen and oxygen atoms in total. The van der Waals surface area contributed by atoms with Crippen LogP contribution in [-0.2, 0) is 4.79 Å². The SMILES string of the molecule is CC(Cl)C(=O)NC1CC2C=CC1C2. The van der Waals surface area contributed by atoms with Gasteiger partial charge >= 0.3 is 0 Å². The summed E-state index contributed by atoms with van der Waals surface area (Å²) in [4.78, 5) is 11.3. The lowest BCUT2D eigenvalue weighted by Gasteiger charge is -2.20. The lowest BCUT2D eigenvalue weighted by Crippen LogP contribution is -2.40. The van der Waals surface area contributed by atoms with Crippen molar-refractivity contribution in [2.45, 2.75) is 31.2 Å². The first-order valence-electron chi connectivity index (χ1n) is 4.79. The van der Waals surface area contributed by atoms with Crippen molar-refractivity contribution in [2.24, 2.45) is 11.8 Å². The monoisotopic (exact) mass is 199 g/mol. The van der Waals surface area contributed by atoms with Crippen LogP contribution >= 0.6 is 11.6 Å². The number of alkyl halides is 1. The molecule has 0 aromatic heterocycles. The van der Waals surface area contributed by atoms with Gasteiger partial charge in [-0.05, 0) is 31.6 Å². The Morgan fingerprint density at radius 3 is 2.77 bits per heavy atom. The molecule has 0 aromatic rings. The Hall–Kier alpha value is -0.500. The maximum Gasteiger partial charge on any atom is 0.238 e.